The van der Waals surface area contributed by atoms with Crippen molar-refractivity contribution in [1.29, 1.82) is 5.41 Å². The minimum absolute atomic E-state index is 0.357. The number of hydrogen-bond acceptors (Lipinski definition) is 6. The fourth-order valence-electron chi connectivity index (χ4n) is 1.40. The molecule has 0 aliphatic rings. The van der Waals surface area contributed by atoms with Crippen molar-refractivity contribution in [2.45, 2.75) is 34.2 Å². The average molecular weight is 446 g/mol. The summed E-state index contributed by atoms with van der Waals surface area (Å²) in [6.07, 6.45) is -9.03. The number of alkyl halides is 9. The second kappa shape index (κ2) is 7.20. The number of hydrogen-bond donors (Lipinski definition) is 2. The Balaban J connectivity index is 6.45. The number of sulfone groups is 2. The quantitative estimate of drug-likeness (QED) is 0.470. The van der Waals surface area contributed by atoms with Crippen LogP contribution in [0.5, 0.6) is 0 Å². The zero-order chi connectivity index (χ0) is 21.4. The van der Waals surface area contributed by atoms with Crippen molar-refractivity contribution < 1.29 is 61.1 Å². The maximum atomic E-state index is 12.7. The minimum atomic E-state index is -7.29. The molecule has 1 atom stereocenters. The highest BCUT2D eigenvalue weighted by molar-refractivity contribution is 8.09. The third kappa shape index (κ3) is 5.21. The third-order valence-corrected chi connectivity index (χ3v) is 7.19. The number of carbonyl (C=O) groups is 1. The van der Waals surface area contributed by atoms with Crippen LogP contribution in [-0.2, 0) is 24.5 Å². The molecule has 0 spiro atoms. The summed E-state index contributed by atoms with van der Waals surface area (Å²) in [5.41, 5.74) is -13.3. The molecule has 0 aromatic rings. The van der Waals surface area contributed by atoms with Crippen molar-refractivity contribution >= 4 is 31.8 Å². The molecule has 0 aromatic heterocycles. The van der Waals surface area contributed by atoms with E-state index in [4.69, 9.17) is 5.41 Å². The van der Waals surface area contributed by atoms with Crippen LogP contribution in [0.4, 0.5) is 39.5 Å². The van der Waals surface area contributed by atoms with E-state index >= 15 is 0 Å². The van der Waals surface area contributed by atoms with Gasteiger partial charge in [-0.05, 0) is 0 Å². The topological polar surface area (TPSA) is 121 Å². The van der Waals surface area contributed by atoms with Gasteiger partial charge in [-0.3, -0.25) is 4.79 Å². The van der Waals surface area contributed by atoms with Crippen LogP contribution in [0.15, 0.2) is 0 Å². The predicted molar refractivity (Wildman–Crippen MR) is 65.1 cm³/mol. The molecule has 0 heterocycles. The smallest absolute Gasteiger partial charge is 0.339 e. The molecule has 7 nitrogen and oxygen atoms in total. The Morgan fingerprint density at radius 2 is 1.23 bits per heavy atom. The van der Waals surface area contributed by atoms with Gasteiger partial charge in [0.15, 0.2) is 4.58 Å². The largest absolute Gasteiger partial charge is 0.498 e. The van der Waals surface area contributed by atoms with Gasteiger partial charge < -0.3 is 10.7 Å². The maximum absolute atomic E-state index is 12.7. The summed E-state index contributed by atoms with van der Waals surface area (Å²) in [4.78, 5) is 10.7. The summed E-state index contributed by atoms with van der Waals surface area (Å²) < 4.78 is 153. The highest BCUT2D eigenvalue weighted by Crippen LogP contribution is 2.39. The lowest BCUT2D eigenvalue weighted by Crippen LogP contribution is -2.53. The Morgan fingerprint density at radius 3 is 1.46 bits per heavy atom. The summed E-state index contributed by atoms with van der Waals surface area (Å²) in [5, 5.41) is 7.05. The molecule has 0 bridgehead atoms. The van der Waals surface area contributed by atoms with E-state index in [1.807, 2.05) is 0 Å². The monoisotopic (exact) mass is 446 g/mol. The molecule has 0 aliphatic carbocycles. The van der Waals surface area contributed by atoms with E-state index < -0.39 is 59.8 Å². The van der Waals surface area contributed by atoms with Crippen molar-refractivity contribution in [3.8, 4) is 0 Å². The number of carbonyl (C=O) groups excluding carboxylic acids is 1. The highest BCUT2D eigenvalue weighted by Gasteiger charge is 2.64. The van der Waals surface area contributed by atoms with Gasteiger partial charge in [-0.2, -0.15) is 39.5 Å². The van der Waals surface area contributed by atoms with Crippen molar-refractivity contribution in [3.05, 3.63) is 0 Å². The Bertz CT molecular complexity index is 706. The number of nitrogens with one attached hydrogen (secondary N) is 2. The zero-order valence-corrected chi connectivity index (χ0v) is 13.3. The van der Waals surface area contributed by atoms with Crippen LogP contribution < -0.4 is 5.32 Å². The molecule has 0 aliphatic heterocycles. The standard InChI is InChI=1S/C8H7F9N2O5S2/c9-6(10,11)3(19-4(20)2-18)1-5(25(21,22)7(12,13)14)26(23,24)8(15,16)17/h2-3,5,18H,1H2,(H,19,20). The van der Waals surface area contributed by atoms with Crippen LogP contribution >= 0.6 is 0 Å². The van der Waals surface area contributed by atoms with Crippen molar-refractivity contribution in [2.75, 3.05) is 0 Å². The van der Waals surface area contributed by atoms with E-state index in [0.717, 1.165) is 0 Å². The van der Waals surface area contributed by atoms with Gasteiger partial charge in [0.2, 0.25) is 0 Å². The van der Waals surface area contributed by atoms with Gasteiger partial charge in [0, 0.05) is 6.42 Å². The lowest BCUT2D eigenvalue weighted by atomic mass is 10.2. The molecule has 1 amide bonds. The molecule has 154 valence electrons. The average Bonchev–Trinajstić information content (AvgIpc) is 2.38. The molecule has 0 saturated heterocycles. The third-order valence-electron chi connectivity index (χ3n) is 2.61. The SMILES string of the molecule is N=CC(=O)NC(CC(S(=O)(=O)C(F)(F)F)S(=O)(=O)C(F)(F)F)C(F)(F)F. The second-order valence-corrected chi connectivity index (χ2v) is 8.94. The van der Waals surface area contributed by atoms with Gasteiger partial charge in [-0.1, -0.05) is 0 Å². The van der Waals surface area contributed by atoms with Gasteiger partial charge in [-0.25, -0.2) is 16.8 Å². The fraction of sp³-hybridized carbons (Fsp3) is 0.750. The van der Waals surface area contributed by atoms with E-state index in [2.05, 4.69) is 0 Å². The van der Waals surface area contributed by atoms with Crippen LogP contribution in [-0.4, -0.2) is 56.8 Å². The summed E-state index contributed by atoms with van der Waals surface area (Å²) >= 11 is 0. The van der Waals surface area contributed by atoms with Crippen LogP contribution in [0, 0.1) is 5.41 Å². The van der Waals surface area contributed by atoms with Gasteiger partial charge in [0.05, 0.1) is 6.21 Å². The molecule has 1 unspecified atom stereocenters. The van der Waals surface area contributed by atoms with Crippen LogP contribution in [0.1, 0.15) is 6.42 Å². The molecule has 0 radical (unpaired) electrons. The van der Waals surface area contributed by atoms with Gasteiger partial charge in [0.1, 0.15) is 6.04 Å². The Labute approximate surface area is 138 Å². The van der Waals surface area contributed by atoms with Crippen molar-refractivity contribution in [3.63, 3.8) is 0 Å². The van der Waals surface area contributed by atoms with Crippen LogP contribution in [0.3, 0.4) is 0 Å². The number of rotatable bonds is 6. The molecule has 2 N–H and O–H groups in total. The van der Waals surface area contributed by atoms with E-state index in [1.54, 1.807) is 0 Å². The molecule has 26 heavy (non-hydrogen) atoms. The van der Waals surface area contributed by atoms with Crippen LogP contribution in [0.25, 0.3) is 0 Å². The molecular formula is C8H7F9N2O5S2. The zero-order valence-electron chi connectivity index (χ0n) is 11.7. The van der Waals surface area contributed by atoms with E-state index in [1.165, 1.54) is 0 Å². The Hall–Kier alpha value is -1.59. The summed E-state index contributed by atoms with van der Waals surface area (Å²) in [6.45, 7) is 0. The highest BCUT2D eigenvalue weighted by atomic mass is 32.3. The number of amides is 1. The minimum Gasteiger partial charge on any atom is -0.339 e. The van der Waals surface area contributed by atoms with Gasteiger partial charge in [-0.15, -0.1) is 0 Å². The number of halogens is 9. The normalized spacial score (nSPS) is 15.6. The van der Waals surface area contributed by atoms with Gasteiger partial charge in [0.25, 0.3) is 25.6 Å². The van der Waals surface area contributed by atoms with Crippen molar-refractivity contribution in [2.24, 2.45) is 0 Å². The Kier molecular flexibility index (Phi) is 6.76. The lowest BCUT2D eigenvalue weighted by molar-refractivity contribution is -0.160. The summed E-state index contributed by atoms with van der Waals surface area (Å²) in [7, 11) is -14.6. The first-order valence-electron chi connectivity index (χ1n) is 5.67. The molecule has 0 fully saturated rings. The second-order valence-electron chi connectivity index (χ2n) is 4.39. The van der Waals surface area contributed by atoms with Crippen molar-refractivity contribution in [1.82, 2.24) is 5.32 Å². The Morgan fingerprint density at radius 1 is 0.885 bits per heavy atom. The summed E-state index contributed by atoms with van der Waals surface area (Å²) in [6, 6.07) is -3.74. The summed E-state index contributed by atoms with van der Waals surface area (Å²) in [5.74, 6) is -1.97. The lowest BCUT2D eigenvalue weighted by Gasteiger charge is -2.26. The first-order valence-corrected chi connectivity index (χ1v) is 8.77. The molecule has 18 heteroatoms. The molecule has 0 rings (SSSR count). The molecular weight excluding hydrogens is 439 g/mol. The van der Waals surface area contributed by atoms with E-state index in [0.29, 0.717) is 5.32 Å². The van der Waals surface area contributed by atoms with Crippen LogP contribution in [0.2, 0.25) is 0 Å². The molecule has 0 saturated carbocycles. The van der Waals surface area contributed by atoms with E-state index in [9.17, 15) is 61.1 Å². The van der Waals surface area contributed by atoms with E-state index in [-0.39, 0.29) is 6.21 Å². The first-order chi connectivity index (χ1) is 11.2. The molecule has 0 aromatic carbocycles. The fourth-order valence-corrected chi connectivity index (χ4v) is 4.88. The maximum Gasteiger partial charge on any atom is 0.498 e. The predicted octanol–water partition coefficient (Wildman–Crippen LogP) is 1.27. The van der Waals surface area contributed by atoms with Gasteiger partial charge >= 0.3 is 17.2 Å². The first kappa shape index (κ1) is 24.4.